The number of rotatable bonds is 2. The highest BCUT2D eigenvalue weighted by atomic mass is 16.3. The van der Waals surface area contributed by atoms with Crippen molar-refractivity contribution in [2.24, 2.45) is 5.41 Å². The maximum Gasteiger partial charge on any atom is 0.0676 e. The van der Waals surface area contributed by atoms with Gasteiger partial charge in [-0.3, -0.25) is 0 Å². The molecule has 0 bridgehead atoms. The van der Waals surface area contributed by atoms with E-state index in [1.54, 1.807) is 0 Å². The highest BCUT2D eigenvalue weighted by Crippen LogP contribution is 2.32. The monoisotopic (exact) mass is 156 g/mol. The van der Waals surface area contributed by atoms with Gasteiger partial charge in [-0.25, -0.2) is 0 Å². The Hall–Kier alpha value is -0.300. The molecule has 66 valence electrons. The summed E-state index contributed by atoms with van der Waals surface area (Å²) in [5.41, 5.74) is 0.452. The minimum atomic E-state index is -0.649. The minimum absolute atomic E-state index is 0.147. The second-order valence-corrected chi connectivity index (χ2v) is 4.50. The van der Waals surface area contributed by atoms with E-state index in [-0.39, 0.29) is 5.41 Å². The molecule has 1 heteroatoms. The van der Waals surface area contributed by atoms with Gasteiger partial charge in [-0.1, -0.05) is 25.5 Å². The van der Waals surface area contributed by atoms with Crippen LogP contribution in [-0.2, 0) is 0 Å². The summed E-state index contributed by atoms with van der Waals surface area (Å²) < 4.78 is 0. The SMILES string of the molecule is CC(C)=CC(C)(C)C(C)(C)O. The molecule has 0 heterocycles. The van der Waals surface area contributed by atoms with E-state index in [9.17, 15) is 5.11 Å². The third-order valence-corrected chi connectivity index (χ3v) is 2.23. The molecule has 0 rings (SSSR count). The third kappa shape index (κ3) is 3.06. The van der Waals surface area contributed by atoms with Crippen molar-refractivity contribution < 1.29 is 5.11 Å². The van der Waals surface area contributed by atoms with E-state index < -0.39 is 5.60 Å². The largest absolute Gasteiger partial charge is 0.390 e. The average molecular weight is 156 g/mol. The lowest BCUT2D eigenvalue weighted by Crippen LogP contribution is -2.37. The number of aliphatic hydroxyl groups is 1. The third-order valence-electron chi connectivity index (χ3n) is 2.23. The van der Waals surface area contributed by atoms with Crippen LogP contribution in [0.5, 0.6) is 0 Å². The standard InChI is InChI=1S/C10H20O/c1-8(2)7-9(3,4)10(5,6)11/h7,11H,1-6H3. The highest BCUT2D eigenvalue weighted by molar-refractivity contribution is 5.07. The molecule has 0 saturated carbocycles. The zero-order valence-electron chi connectivity index (χ0n) is 8.52. The van der Waals surface area contributed by atoms with Gasteiger partial charge in [-0.2, -0.15) is 0 Å². The lowest BCUT2D eigenvalue weighted by molar-refractivity contribution is -0.00778. The molecular formula is C10H20O. The molecular weight excluding hydrogens is 136 g/mol. The number of hydrogen-bond acceptors (Lipinski definition) is 1. The van der Waals surface area contributed by atoms with Crippen LogP contribution in [0.15, 0.2) is 11.6 Å². The van der Waals surface area contributed by atoms with Crippen LogP contribution in [0.1, 0.15) is 41.5 Å². The van der Waals surface area contributed by atoms with Crippen LogP contribution < -0.4 is 0 Å². The fourth-order valence-electron chi connectivity index (χ4n) is 0.898. The summed E-state index contributed by atoms with van der Waals surface area (Å²) >= 11 is 0. The number of hydrogen-bond donors (Lipinski definition) is 1. The Bertz CT molecular complexity index is 154. The molecule has 0 aliphatic carbocycles. The van der Waals surface area contributed by atoms with Crippen LogP contribution in [0.2, 0.25) is 0 Å². The maximum absolute atomic E-state index is 9.75. The molecule has 0 saturated heterocycles. The van der Waals surface area contributed by atoms with Gasteiger partial charge in [0.25, 0.3) is 0 Å². The predicted molar refractivity (Wildman–Crippen MR) is 49.5 cm³/mol. The van der Waals surface area contributed by atoms with E-state index in [0.717, 1.165) is 0 Å². The van der Waals surface area contributed by atoms with Crippen LogP contribution in [0.25, 0.3) is 0 Å². The molecule has 0 aromatic rings. The van der Waals surface area contributed by atoms with Gasteiger partial charge in [0.05, 0.1) is 5.60 Å². The Morgan fingerprint density at radius 2 is 1.45 bits per heavy atom. The summed E-state index contributed by atoms with van der Waals surface area (Å²) in [7, 11) is 0. The Balaban J connectivity index is 4.61. The average Bonchev–Trinajstić information content (AvgIpc) is 1.56. The first-order valence-corrected chi connectivity index (χ1v) is 4.05. The summed E-state index contributed by atoms with van der Waals surface area (Å²) in [6.07, 6.45) is 2.10. The first kappa shape index (κ1) is 10.7. The van der Waals surface area contributed by atoms with E-state index in [1.807, 2.05) is 41.5 Å². The van der Waals surface area contributed by atoms with Gasteiger partial charge < -0.3 is 5.11 Å². The molecule has 1 N–H and O–H groups in total. The molecule has 0 aromatic carbocycles. The van der Waals surface area contributed by atoms with Crippen molar-refractivity contribution in [1.29, 1.82) is 0 Å². The smallest absolute Gasteiger partial charge is 0.0676 e. The summed E-state index contributed by atoms with van der Waals surface area (Å²) in [5.74, 6) is 0. The first-order valence-electron chi connectivity index (χ1n) is 4.05. The van der Waals surface area contributed by atoms with Gasteiger partial charge >= 0.3 is 0 Å². The topological polar surface area (TPSA) is 20.2 Å². The van der Waals surface area contributed by atoms with Crippen molar-refractivity contribution in [2.45, 2.75) is 47.1 Å². The molecule has 0 unspecified atom stereocenters. The Labute approximate surface area is 70.1 Å². The van der Waals surface area contributed by atoms with E-state index >= 15 is 0 Å². The molecule has 0 aliphatic heterocycles. The van der Waals surface area contributed by atoms with Crippen LogP contribution in [-0.4, -0.2) is 10.7 Å². The lowest BCUT2D eigenvalue weighted by atomic mass is 9.76. The van der Waals surface area contributed by atoms with Crippen LogP contribution in [0.3, 0.4) is 0 Å². The van der Waals surface area contributed by atoms with Crippen molar-refractivity contribution in [3.63, 3.8) is 0 Å². The fourth-order valence-corrected chi connectivity index (χ4v) is 0.898. The van der Waals surface area contributed by atoms with Crippen LogP contribution in [0.4, 0.5) is 0 Å². The Morgan fingerprint density at radius 3 is 1.55 bits per heavy atom. The predicted octanol–water partition coefficient (Wildman–Crippen LogP) is 2.75. The lowest BCUT2D eigenvalue weighted by Gasteiger charge is -2.35. The van der Waals surface area contributed by atoms with Crippen molar-refractivity contribution in [1.82, 2.24) is 0 Å². The van der Waals surface area contributed by atoms with Gasteiger partial charge in [0.15, 0.2) is 0 Å². The zero-order chi connectivity index (χ0) is 9.28. The molecule has 0 aromatic heterocycles. The summed E-state index contributed by atoms with van der Waals surface area (Å²) in [5, 5.41) is 9.75. The summed E-state index contributed by atoms with van der Waals surface area (Å²) in [4.78, 5) is 0. The number of allylic oxidation sites excluding steroid dienone is 1. The Morgan fingerprint density at radius 1 is 1.09 bits per heavy atom. The van der Waals surface area contributed by atoms with E-state index in [0.29, 0.717) is 0 Å². The normalized spacial score (nSPS) is 13.0. The fraction of sp³-hybridized carbons (Fsp3) is 0.800. The van der Waals surface area contributed by atoms with Crippen molar-refractivity contribution in [3.8, 4) is 0 Å². The molecule has 11 heavy (non-hydrogen) atoms. The second kappa shape index (κ2) is 2.98. The van der Waals surface area contributed by atoms with E-state index in [4.69, 9.17) is 0 Å². The van der Waals surface area contributed by atoms with Crippen LogP contribution in [0, 0.1) is 5.41 Å². The van der Waals surface area contributed by atoms with Gasteiger partial charge in [-0.15, -0.1) is 0 Å². The molecule has 0 amide bonds. The van der Waals surface area contributed by atoms with Gasteiger partial charge in [-0.05, 0) is 27.7 Å². The van der Waals surface area contributed by atoms with E-state index in [2.05, 4.69) is 6.08 Å². The molecule has 0 spiro atoms. The molecule has 0 atom stereocenters. The van der Waals surface area contributed by atoms with Gasteiger partial charge in [0, 0.05) is 5.41 Å². The Kier molecular flexibility index (Phi) is 2.90. The quantitative estimate of drug-likeness (QED) is 0.609. The van der Waals surface area contributed by atoms with Crippen molar-refractivity contribution in [2.75, 3.05) is 0 Å². The highest BCUT2D eigenvalue weighted by Gasteiger charge is 2.32. The molecule has 1 nitrogen and oxygen atoms in total. The maximum atomic E-state index is 9.75. The molecule has 0 aliphatic rings. The summed E-state index contributed by atoms with van der Waals surface area (Å²) in [6, 6.07) is 0. The zero-order valence-corrected chi connectivity index (χ0v) is 8.52. The first-order chi connectivity index (χ1) is 4.67. The minimum Gasteiger partial charge on any atom is -0.390 e. The van der Waals surface area contributed by atoms with Gasteiger partial charge in [0.1, 0.15) is 0 Å². The molecule has 0 fully saturated rings. The molecule has 0 radical (unpaired) electrons. The summed E-state index contributed by atoms with van der Waals surface area (Å²) in [6.45, 7) is 11.9. The van der Waals surface area contributed by atoms with Crippen molar-refractivity contribution in [3.05, 3.63) is 11.6 Å². The van der Waals surface area contributed by atoms with Gasteiger partial charge in [0.2, 0.25) is 0 Å². The second-order valence-electron chi connectivity index (χ2n) is 4.50. The van der Waals surface area contributed by atoms with Crippen molar-refractivity contribution >= 4 is 0 Å². The van der Waals surface area contributed by atoms with E-state index in [1.165, 1.54) is 5.57 Å². The van der Waals surface area contributed by atoms with Crippen LogP contribution >= 0.6 is 0 Å².